The molecule has 0 N–H and O–H groups in total. The van der Waals surface area contributed by atoms with Crippen LogP contribution < -0.4 is 10.7 Å². The zero-order chi connectivity index (χ0) is 25.6. The number of hydrogen-bond acceptors (Lipinski definition) is 4. The van der Waals surface area contributed by atoms with Crippen molar-refractivity contribution in [3.05, 3.63) is 156 Å². The van der Waals surface area contributed by atoms with E-state index in [0.717, 1.165) is 45.3 Å². The zero-order valence-electron chi connectivity index (χ0n) is 20.6. The predicted octanol–water partition coefficient (Wildman–Crippen LogP) is 7.96. The molecule has 2 heterocycles. The molecule has 0 saturated heterocycles. The van der Waals surface area contributed by atoms with Crippen LogP contribution in [0.25, 0.3) is 45.3 Å². The van der Waals surface area contributed by atoms with Crippen molar-refractivity contribution in [3.63, 3.8) is 0 Å². The average Bonchev–Trinajstić information content (AvgIpc) is 3.01. The van der Waals surface area contributed by atoms with Crippen molar-refractivity contribution in [1.29, 1.82) is 0 Å². The number of nitrogens with zero attached hydrogens (tertiary/aromatic N) is 2. The lowest BCUT2D eigenvalue weighted by Crippen LogP contribution is -2.05. The van der Waals surface area contributed by atoms with Crippen molar-refractivity contribution in [1.82, 2.24) is 0 Å². The molecule has 0 radical (unpaired) electrons. The summed E-state index contributed by atoms with van der Waals surface area (Å²) in [4.78, 5) is 0. The van der Waals surface area contributed by atoms with Gasteiger partial charge in [0.1, 0.15) is 23.0 Å². The van der Waals surface area contributed by atoms with E-state index < -0.39 is 0 Å². The summed E-state index contributed by atoms with van der Waals surface area (Å²) in [5.74, 6) is 2.88. The summed E-state index contributed by atoms with van der Waals surface area (Å²) in [5, 5.41) is 10.7. The standard InChI is InChI=1S/C34H24N2O2/c1-5-13-25(14-6-1)31-21-29(22-32(37-31)26-15-7-2-8-16-26)35-36-30-23-33(27-17-9-3-10-18-27)38-34(24-30)28-19-11-4-12-20-28/h1-24H. The van der Waals surface area contributed by atoms with E-state index in [-0.39, 0.29) is 0 Å². The molecule has 0 aliphatic rings. The lowest BCUT2D eigenvalue weighted by molar-refractivity contribution is 0.577. The molecule has 0 bridgehead atoms. The normalized spacial score (nSPS) is 10.6. The van der Waals surface area contributed by atoms with E-state index in [1.807, 2.05) is 146 Å². The summed E-state index contributed by atoms with van der Waals surface area (Å²) in [7, 11) is 0. The van der Waals surface area contributed by atoms with Crippen LogP contribution in [-0.4, -0.2) is 0 Å². The minimum absolute atomic E-state index is 0.692. The molecule has 4 heteroatoms. The fraction of sp³-hybridized carbons (Fsp3) is 0. The molecule has 0 saturated carbocycles. The van der Waals surface area contributed by atoms with Crippen LogP contribution in [0.5, 0.6) is 0 Å². The van der Waals surface area contributed by atoms with Crippen LogP contribution in [0.3, 0.4) is 0 Å². The first-order valence-corrected chi connectivity index (χ1v) is 12.4. The molecule has 182 valence electrons. The van der Waals surface area contributed by atoms with E-state index in [1.54, 1.807) is 0 Å². The van der Waals surface area contributed by atoms with Gasteiger partial charge in [0, 0.05) is 46.5 Å². The Balaban J connectivity index is 1.52. The molecule has 4 aromatic carbocycles. The lowest BCUT2D eigenvalue weighted by Gasteiger charge is -2.06. The quantitative estimate of drug-likeness (QED) is 0.229. The van der Waals surface area contributed by atoms with Gasteiger partial charge < -0.3 is 8.83 Å². The van der Waals surface area contributed by atoms with Crippen LogP contribution in [0.2, 0.25) is 0 Å². The second-order valence-corrected chi connectivity index (χ2v) is 8.75. The van der Waals surface area contributed by atoms with Crippen molar-refractivity contribution < 1.29 is 8.83 Å². The molecule has 0 amide bonds. The Morgan fingerprint density at radius 3 is 0.789 bits per heavy atom. The van der Waals surface area contributed by atoms with Crippen LogP contribution >= 0.6 is 0 Å². The van der Waals surface area contributed by atoms with E-state index in [9.17, 15) is 0 Å². The molecule has 0 aliphatic heterocycles. The third kappa shape index (κ3) is 5.30. The van der Waals surface area contributed by atoms with Gasteiger partial charge in [0.05, 0.1) is 10.7 Å². The van der Waals surface area contributed by atoms with Gasteiger partial charge in [-0.15, -0.1) is 0 Å². The molecule has 0 spiro atoms. The molecule has 0 aliphatic carbocycles. The maximum absolute atomic E-state index is 6.28. The summed E-state index contributed by atoms with van der Waals surface area (Å²) in [5.41, 5.74) is 3.88. The summed E-state index contributed by atoms with van der Waals surface area (Å²) in [6.07, 6.45) is 0. The van der Waals surface area contributed by atoms with Gasteiger partial charge in [-0.05, 0) is 0 Å². The summed E-state index contributed by atoms with van der Waals surface area (Å²) >= 11 is 0. The van der Waals surface area contributed by atoms with E-state index in [4.69, 9.17) is 8.83 Å². The number of hydrogen-bond donors (Lipinski definition) is 0. The highest BCUT2D eigenvalue weighted by molar-refractivity contribution is 5.63. The smallest absolute Gasteiger partial charge is 0.136 e. The zero-order valence-corrected chi connectivity index (χ0v) is 20.6. The van der Waals surface area contributed by atoms with Crippen molar-refractivity contribution in [2.45, 2.75) is 0 Å². The second-order valence-electron chi connectivity index (χ2n) is 8.75. The minimum Gasteiger partial charge on any atom is -0.456 e. The third-order valence-corrected chi connectivity index (χ3v) is 6.07. The van der Waals surface area contributed by atoms with Crippen LogP contribution in [-0.2, 0) is 0 Å². The molecule has 6 aromatic rings. The van der Waals surface area contributed by atoms with E-state index in [1.165, 1.54) is 0 Å². The van der Waals surface area contributed by atoms with Gasteiger partial charge >= 0.3 is 0 Å². The number of benzene rings is 4. The molecule has 0 atom stereocenters. The first-order valence-electron chi connectivity index (χ1n) is 12.4. The maximum atomic E-state index is 6.28. The van der Waals surface area contributed by atoms with Gasteiger partial charge in [-0.25, -0.2) is 0 Å². The Morgan fingerprint density at radius 2 is 0.553 bits per heavy atom. The van der Waals surface area contributed by atoms with Crippen LogP contribution in [0.15, 0.2) is 165 Å². The summed E-state index contributed by atoms with van der Waals surface area (Å²) in [6, 6.07) is 47.7. The molecule has 4 nitrogen and oxygen atoms in total. The molecule has 38 heavy (non-hydrogen) atoms. The lowest BCUT2D eigenvalue weighted by atomic mass is 10.1. The Kier molecular flexibility index (Phi) is 6.60. The molecule has 2 aromatic heterocycles. The Hall–Kier alpha value is -5.22. The summed E-state index contributed by atoms with van der Waals surface area (Å²) in [6.45, 7) is 0. The van der Waals surface area contributed by atoms with Crippen molar-refractivity contribution in [2.24, 2.45) is 10.2 Å². The Morgan fingerprint density at radius 1 is 0.316 bits per heavy atom. The fourth-order valence-corrected chi connectivity index (χ4v) is 4.19. The average molecular weight is 493 g/mol. The monoisotopic (exact) mass is 492 g/mol. The SMILES string of the molecule is c1ccc(-c2cc(=NN=c3cc(-c4ccccc4)oc(-c4ccccc4)c3)cc(-c3ccccc3)o2)cc1. The molecule has 0 unspecified atom stereocenters. The Labute approximate surface area is 220 Å². The molecule has 0 fully saturated rings. The highest BCUT2D eigenvalue weighted by Gasteiger charge is 2.08. The van der Waals surface area contributed by atoms with E-state index in [0.29, 0.717) is 10.7 Å². The highest BCUT2D eigenvalue weighted by Crippen LogP contribution is 2.26. The fourth-order valence-electron chi connectivity index (χ4n) is 4.19. The largest absolute Gasteiger partial charge is 0.456 e. The number of rotatable bonds is 5. The van der Waals surface area contributed by atoms with Crippen molar-refractivity contribution >= 4 is 0 Å². The molecular formula is C34H24N2O2. The first kappa shape index (κ1) is 23.2. The van der Waals surface area contributed by atoms with Gasteiger partial charge in [0.2, 0.25) is 0 Å². The van der Waals surface area contributed by atoms with Crippen LogP contribution in [0.1, 0.15) is 0 Å². The van der Waals surface area contributed by atoms with E-state index in [2.05, 4.69) is 10.2 Å². The molecule has 6 rings (SSSR count). The van der Waals surface area contributed by atoms with Crippen molar-refractivity contribution in [3.8, 4) is 45.3 Å². The summed E-state index contributed by atoms with van der Waals surface area (Å²) < 4.78 is 12.6. The second kappa shape index (κ2) is 10.8. The van der Waals surface area contributed by atoms with Gasteiger partial charge in [-0.2, -0.15) is 10.2 Å². The van der Waals surface area contributed by atoms with Gasteiger partial charge in [-0.1, -0.05) is 121 Å². The van der Waals surface area contributed by atoms with Gasteiger partial charge in [-0.3, -0.25) is 0 Å². The topological polar surface area (TPSA) is 51.0 Å². The van der Waals surface area contributed by atoms with Crippen molar-refractivity contribution in [2.75, 3.05) is 0 Å². The Bertz CT molecular complexity index is 1530. The third-order valence-electron chi connectivity index (χ3n) is 6.07. The van der Waals surface area contributed by atoms with Crippen LogP contribution in [0, 0.1) is 0 Å². The molecular weight excluding hydrogens is 468 g/mol. The minimum atomic E-state index is 0.692. The van der Waals surface area contributed by atoms with Gasteiger partial charge in [0.25, 0.3) is 0 Å². The first-order chi connectivity index (χ1) is 18.8. The van der Waals surface area contributed by atoms with E-state index >= 15 is 0 Å². The highest BCUT2D eigenvalue weighted by atomic mass is 16.3. The predicted molar refractivity (Wildman–Crippen MR) is 150 cm³/mol. The van der Waals surface area contributed by atoms with Gasteiger partial charge in [0.15, 0.2) is 0 Å². The van der Waals surface area contributed by atoms with Crippen LogP contribution in [0.4, 0.5) is 0 Å². The maximum Gasteiger partial charge on any atom is 0.136 e.